The van der Waals surface area contributed by atoms with Crippen molar-refractivity contribution in [3.63, 3.8) is 0 Å². The van der Waals surface area contributed by atoms with E-state index in [1.54, 1.807) is 41.5 Å². The first kappa shape index (κ1) is 58.3. The number of fused-ring (bicyclic) bond motifs is 3. The normalized spacial score (nSPS) is 38.6. The van der Waals surface area contributed by atoms with Crippen molar-refractivity contribution in [3.8, 4) is 0 Å². The van der Waals surface area contributed by atoms with Crippen LogP contribution in [0.1, 0.15) is 207 Å². The van der Waals surface area contributed by atoms with Gasteiger partial charge in [0.2, 0.25) is 12.2 Å². The predicted octanol–water partition coefficient (Wildman–Crippen LogP) is 9.65. The van der Waals surface area contributed by atoms with Crippen LogP contribution in [0.15, 0.2) is 0 Å². The van der Waals surface area contributed by atoms with Gasteiger partial charge in [0.1, 0.15) is 17.3 Å². The molecule has 12 aliphatic rings. The summed E-state index contributed by atoms with van der Waals surface area (Å²) in [6.07, 6.45) is 11.5. The molecule has 12 rings (SSSR count). The molecular weight excluding hydrogens is 953 g/mol. The number of rotatable bonds is 12. The van der Waals surface area contributed by atoms with Crippen LogP contribution in [0.4, 0.5) is 0 Å². The van der Waals surface area contributed by atoms with Gasteiger partial charge >= 0.3 is 35.8 Å². The molecule has 4 heterocycles. The lowest BCUT2D eigenvalue weighted by Gasteiger charge is -2.59. The lowest BCUT2D eigenvalue weighted by molar-refractivity contribution is -0.225. The number of esters is 6. The summed E-state index contributed by atoms with van der Waals surface area (Å²) in [4.78, 5) is 71.6. The quantitative estimate of drug-likeness (QED) is 0.143. The summed E-state index contributed by atoms with van der Waals surface area (Å²) < 4.78 is 49.6. The van der Waals surface area contributed by atoms with E-state index < -0.39 is 82.4 Å². The Morgan fingerprint density at radius 2 is 1.05 bits per heavy atom. The van der Waals surface area contributed by atoms with Crippen LogP contribution in [0.25, 0.3) is 0 Å². The molecule has 12 fully saturated rings. The van der Waals surface area contributed by atoms with Crippen molar-refractivity contribution < 1.29 is 76.5 Å². The van der Waals surface area contributed by atoms with Gasteiger partial charge in [-0.25, -0.2) is 9.59 Å². The Morgan fingerprint density at radius 1 is 0.581 bits per heavy atom. The van der Waals surface area contributed by atoms with Gasteiger partial charge in [-0.3, -0.25) is 19.2 Å². The van der Waals surface area contributed by atoms with Crippen LogP contribution in [0, 0.1) is 57.2 Å². The predicted molar refractivity (Wildman–Crippen MR) is 270 cm³/mol. The molecule has 16 nitrogen and oxygen atoms in total. The van der Waals surface area contributed by atoms with Crippen molar-refractivity contribution in [2.75, 3.05) is 6.61 Å². The summed E-state index contributed by atoms with van der Waals surface area (Å²) in [5, 5.41) is 10.6. The highest BCUT2D eigenvalue weighted by molar-refractivity contribution is 5.84. The molecule has 8 unspecified atom stereocenters. The summed E-state index contributed by atoms with van der Waals surface area (Å²) in [6, 6.07) is 0. The standard InChI is InChI=1S/C17H28O2.C16H26O3.C15H22O7.C10H16O4/c1-5-16(2,3)15(18)19-17(4)13-7-11-6-12(9-13)10-14(17)8-11;1-4-14(2,3)13(17)19-16-8-11-5-12(9-16)7-15(18,6-11)10-16;1-6-14(2,3)13(17)20-9-7-8(18-11(9)16)10-12(19-7)22-15(4,5)21-10;1-4-10(2,3)9(12)14-7-5-6-13-8(7)11/h11-14H,5-10H2,1-4H3;11-12,18H,4-10H2,1-3H3;7-10,12H,6H2,1-5H3;7H,4-6H2,1-3H3. The average Bonchev–Trinajstić information content (AvgIpc) is 4.03. The number of aliphatic hydroxyl groups is 1. The van der Waals surface area contributed by atoms with Gasteiger partial charge in [0, 0.05) is 12.8 Å². The molecule has 8 aliphatic carbocycles. The van der Waals surface area contributed by atoms with Crippen molar-refractivity contribution in [1.82, 2.24) is 0 Å². The summed E-state index contributed by atoms with van der Waals surface area (Å²) in [6.45, 7) is 29.1. The third kappa shape index (κ3) is 12.2. The first-order chi connectivity index (χ1) is 34.2. The molecule has 0 radical (unpaired) electrons. The second-order valence-corrected chi connectivity index (χ2v) is 27.2. The topological polar surface area (TPSA) is 206 Å². The summed E-state index contributed by atoms with van der Waals surface area (Å²) >= 11 is 0. The molecule has 0 amide bonds. The smallest absolute Gasteiger partial charge is 0.350 e. The van der Waals surface area contributed by atoms with E-state index in [-0.39, 0.29) is 34.5 Å². The molecule has 1 N–H and O–H groups in total. The maximum absolute atomic E-state index is 12.5. The summed E-state index contributed by atoms with van der Waals surface area (Å²) in [5.74, 6) is 1.57. The number of hydrogen-bond donors (Lipinski definition) is 1. The molecule has 420 valence electrons. The molecule has 4 aliphatic heterocycles. The lowest BCUT2D eigenvalue weighted by Crippen LogP contribution is -2.61. The van der Waals surface area contributed by atoms with Crippen molar-refractivity contribution in [1.29, 1.82) is 0 Å². The maximum atomic E-state index is 12.5. The summed E-state index contributed by atoms with van der Waals surface area (Å²) in [7, 11) is 0. The zero-order valence-electron chi connectivity index (χ0n) is 47.5. The Kier molecular flexibility index (Phi) is 16.7. The zero-order chi connectivity index (χ0) is 54.8. The van der Waals surface area contributed by atoms with Gasteiger partial charge in [-0.15, -0.1) is 0 Å². The van der Waals surface area contributed by atoms with Crippen molar-refractivity contribution in [2.45, 2.75) is 266 Å². The van der Waals surface area contributed by atoms with Gasteiger partial charge in [-0.05, 0) is 202 Å². The number of hydrogen-bond acceptors (Lipinski definition) is 16. The van der Waals surface area contributed by atoms with E-state index in [0.29, 0.717) is 56.0 Å². The molecule has 74 heavy (non-hydrogen) atoms. The maximum Gasteiger partial charge on any atom is 0.350 e. The third-order valence-electron chi connectivity index (χ3n) is 19.3. The monoisotopic (exact) mass is 1040 g/mol. The van der Waals surface area contributed by atoms with E-state index in [1.807, 2.05) is 48.5 Å². The Hall–Kier alpha value is -3.34. The van der Waals surface area contributed by atoms with Crippen LogP contribution < -0.4 is 0 Å². The van der Waals surface area contributed by atoms with Crippen molar-refractivity contribution in [3.05, 3.63) is 0 Å². The molecule has 0 aromatic heterocycles. The third-order valence-corrected chi connectivity index (χ3v) is 19.3. The molecule has 8 atom stereocenters. The van der Waals surface area contributed by atoms with Crippen LogP contribution in [0.3, 0.4) is 0 Å². The average molecular weight is 1050 g/mol. The fraction of sp³-hybridized carbons (Fsp3) is 0.897. The molecule has 16 heteroatoms. The molecule has 8 bridgehead atoms. The van der Waals surface area contributed by atoms with E-state index in [0.717, 1.165) is 50.4 Å². The molecule has 0 aromatic rings. The number of ether oxygens (including phenoxy) is 9. The zero-order valence-corrected chi connectivity index (χ0v) is 47.5. The van der Waals surface area contributed by atoms with E-state index in [2.05, 4.69) is 13.8 Å². The highest BCUT2D eigenvalue weighted by Gasteiger charge is 2.65. The number of carbonyl (C=O) groups excluding carboxylic acids is 6. The fourth-order valence-electron chi connectivity index (χ4n) is 13.3. The highest BCUT2D eigenvalue weighted by Crippen LogP contribution is 2.61. The van der Waals surface area contributed by atoms with E-state index in [1.165, 1.54) is 38.5 Å². The Balaban J connectivity index is 0.000000146. The lowest BCUT2D eigenvalue weighted by atomic mass is 9.50. The molecule has 4 saturated heterocycles. The van der Waals surface area contributed by atoms with Crippen LogP contribution in [-0.4, -0.2) is 107 Å². The van der Waals surface area contributed by atoms with E-state index >= 15 is 0 Å². The minimum atomic E-state index is -1.07. The Bertz CT molecular complexity index is 2060. The highest BCUT2D eigenvalue weighted by atomic mass is 16.9. The molecule has 0 aromatic carbocycles. The van der Waals surface area contributed by atoms with Crippen LogP contribution in [-0.2, 0) is 71.4 Å². The summed E-state index contributed by atoms with van der Waals surface area (Å²) in [5.41, 5.74) is -3.02. The molecular formula is C58H92O16. The number of cyclic esters (lactones) is 1. The van der Waals surface area contributed by atoms with Gasteiger partial charge in [0.15, 0.2) is 24.3 Å². The van der Waals surface area contributed by atoms with Crippen LogP contribution in [0.5, 0.6) is 0 Å². The van der Waals surface area contributed by atoms with Gasteiger partial charge in [-0.2, -0.15) is 0 Å². The van der Waals surface area contributed by atoms with Crippen LogP contribution in [0.2, 0.25) is 0 Å². The van der Waals surface area contributed by atoms with E-state index in [9.17, 15) is 33.9 Å². The first-order valence-corrected chi connectivity index (χ1v) is 28.2. The van der Waals surface area contributed by atoms with E-state index in [4.69, 9.17) is 42.6 Å². The minimum Gasteiger partial charge on any atom is -0.463 e. The minimum absolute atomic E-state index is 0.0185. The Labute approximate surface area is 440 Å². The fourth-order valence-corrected chi connectivity index (χ4v) is 13.3. The Morgan fingerprint density at radius 3 is 1.53 bits per heavy atom. The van der Waals surface area contributed by atoms with Gasteiger partial charge in [0.25, 0.3) is 0 Å². The van der Waals surface area contributed by atoms with Crippen molar-refractivity contribution >= 4 is 35.8 Å². The van der Waals surface area contributed by atoms with Gasteiger partial charge < -0.3 is 47.7 Å². The van der Waals surface area contributed by atoms with Gasteiger partial charge in [0.05, 0.1) is 33.9 Å². The second-order valence-electron chi connectivity index (χ2n) is 27.2. The molecule has 8 saturated carbocycles. The number of carbonyl (C=O) groups is 6. The SMILES string of the molecule is CCC(C)(C)C(=O)OC1(C)C2CC3CC(C2)CC1C3.CCC(C)(C)C(=O)OC12CC3CC(CC(O)(C3)C1)C2.CCC(C)(C)C(=O)OC1C(=O)OC2C3OC(C)(C)OC3OC12.CCC(C)(C)C(=O)OC1CCOC1=O. The van der Waals surface area contributed by atoms with Crippen LogP contribution >= 0.6 is 0 Å². The first-order valence-electron chi connectivity index (χ1n) is 28.2. The largest absolute Gasteiger partial charge is 0.463 e. The molecule has 0 spiro atoms. The second kappa shape index (κ2) is 21.1. The van der Waals surface area contributed by atoms with Crippen molar-refractivity contribution in [2.24, 2.45) is 57.2 Å². The van der Waals surface area contributed by atoms with Gasteiger partial charge in [-0.1, -0.05) is 27.7 Å².